The van der Waals surface area contributed by atoms with Crippen molar-refractivity contribution in [1.29, 1.82) is 0 Å². The zero-order valence-electron chi connectivity index (χ0n) is 8.70. The van der Waals surface area contributed by atoms with Crippen molar-refractivity contribution < 1.29 is 0 Å². The molecule has 1 N–H and O–H groups in total. The Labute approximate surface area is 99.6 Å². The first kappa shape index (κ1) is 10.8. The van der Waals surface area contributed by atoms with Gasteiger partial charge in [-0.2, -0.15) is 0 Å². The van der Waals surface area contributed by atoms with Crippen LogP contribution >= 0.6 is 11.6 Å². The Hall–Kier alpha value is -1.72. The largest absolute Gasteiger partial charge is 0.383 e. The molecular formula is C13H11ClN2. The summed E-state index contributed by atoms with van der Waals surface area (Å²) in [6, 6.07) is 7.61. The summed E-state index contributed by atoms with van der Waals surface area (Å²) in [6.07, 6.45) is 7.67. The lowest BCUT2D eigenvalue weighted by Gasteiger charge is -2.07. The number of aromatic nitrogens is 1. The molecule has 0 atom stereocenters. The molecule has 0 bridgehead atoms. The maximum atomic E-state index is 5.91. The summed E-state index contributed by atoms with van der Waals surface area (Å²) in [6.45, 7) is 0.762. The summed E-state index contributed by atoms with van der Waals surface area (Å²) in [4.78, 5) is 4.27. The van der Waals surface area contributed by atoms with E-state index in [1.54, 1.807) is 6.20 Å². The van der Waals surface area contributed by atoms with Crippen LogP contribution in [0.1, 0.15) is 6.42 Å². The van der Waals surface area contributed by atoms with E-state index in [0.717, 1.165) is 23.1 Å². The van der Waals surface area contributed by atoms with E-state index < -0.39 is 0 Å². The Morgan fingerprint density at radius 3 is 3.06 bits per heavy atom. The second-order valence-corrected chi connectivity index (χ2v) is 3.84. The van der Waals surface area contributed by atoms with Crippen LogP contribution in [0.2, 0.25) is 5.02 Å². The van der Waals surface area contributed by atoms with Gasteiger partial charge in [0.1, 0.15) is 0 Å². The molecular weight excluding hydrogens is 220 g/mol. The van der Waals surface area contributed by atoms with Gasteiger partial charge in [-0.05, 0) is 24.3 Å². The number of hydrogen-bond donors (Lipinski definition) is 1. The van der Waals surface area contributed by atoms with Gasteiger partial charge in [0, 0.05) is 35.3 Å². The number of anilines is 1. The normalized spacial score (nSPS) is 10.0. The van der Waals surface area contributed by atoms with Crippen molar-refractivity contribution in [2.24, 2.45) is 0 Å². The zero-order chi connectivity index (χ0) is 11.4. The van der Waals surface area contributed by atoms with Gasteiger partial charge in [-0.25, -0.2) is 0 Å². The van der Waals surface area contributed by atoms with Gasteiger partial charge in [0.25, 0.3) is 0 Å². The van der Waals surface area contributed by atoms with E-state index in [1.165, 1.54) is 0 Å². The minimum Gasteiger partial charge on any atom is -0.383 e. The predicted molar refractivity (Wildman–Crippen MR) is 68.7 cm³/mol. The highest BCUT2D eigenvalue weighted by molar-refractivity contribution is 6.31. The Morgan fingerprint density at radius 1 is 1.38 bits per heavy atom. The number of nitrogens with zero attached hydrogens (tertiary/aromatic N) is 1. The van der Waals surface area contributed by atoms with E-state index in [2.05, 4.69) is 16.2 Å². The van der Waals surface area contributed by atoms with Crippen LogP contribution in [-0.4, -0.2) is 11.5 Å². The minimum atomic E-state index is 0.695. The minimum absolute atomic E-state index is 0.695. The monoisotopic (exact) mass is 230 g/mol. The summed E-state index contributed by atoms with van der Waals surface area (Å²) in [5.74, 6) is 2.60. The Morgan fingerprint density at radius 2 is 2.25 bits per heavy atom. The van der Waals surface area contributed by atoms with Crippen LogP contribution in [0, 0.1) is 12.3 Å². The highest BCUT2D eigenvalue weighted by Crippen LogP contribution is 2.24. The number of fused-ring (bicyclic) bond motifs is 1. The molecule has 0 radical (unpaired) electrons. The van der Waals surface area contributed by atoms with Crippen LogP contribution in [0.25, 0.3) is 10.9 Å². The van der Waals surface area contributed by atoms with Crippen LogP contribution in [0.15, 0.2) is 30.5 Å². The second-order valence-electron chi connectivity index (χ2n) is 3.40. The lowest BCUT2D eigenvalue weighted by atomic mass is 10.2. The average Bonchev–Trinajstić information content (AvgIpc) is 2.29. The van der Waals surface area contributed by atoms with E-state index in [0.29, 0.717) is 11.4 Å². The van der Waals surface area contributed by atoms with E-state index >= 15 is 0 Å². The summed E-state index contributed by atoms with van der Waals surface area (Å²) in [7, 11) is 0. The maximum absolute atomic E-state index is 5.91. The number of pyridine rings is 1. The van der Waals surface area contributed by atoms with Crippen LogP contribution < -0.4 is 5.32 Å². The molecule has 16 heavy (non-hydrogen) atoms. The van der Waals surface area contributed by atoms with Crippen LogP contribution in [-0.2, 0) is 0 Å². The van der Waals surface area contributed by atoms with Crippen molar-refractivity contribution in [3.63, 3.8) is 0 Å². The highest BCUT2D eigenvalue weighted by Gasteiger charge is 2.01. The average molecular weight is 231 g/mol. The van der Waals surface area contributed by atoms with Crippen molar-refractivity contribution in [2.45, 2.75) is 6.42 Å². The Balaban J connectivity index is 2.35. The smallest absolute Gasteiger partial charge is 0.0737 e. The van der Waals surface area contributed by atoms with Gasteiger partial charge in [0.05, 0.1) is 5.52 Å². The third-order valence-electron chi connectivity index (χ3n) is 2.29. The molecule has 1 heterocycles. The number of benzene rings is 1. The number of terminal acetylenes is 1. The molecule has 0 saturated carbocycles. The quantitative estimate of drug-likeness (QED) is 0.646. The Kier molecular flexibility index (Phi) is 3.28. The van der Waals surface area contributed by atoms with Crippen LogP contribution in [0.5, 0.6) is 0 Å². The maximum Gasteiger partial charge on any atom is 0.0737 e. The lowest BCUT2D eigenvalue weighted by Crippen LogP contribution is -2.01. The number of hydrogen-bond acceptors (Lipinski definition) is 2. The molecule has 0 aliphatic rings. The summed E-state index contributed by atoms with van der Waals surface area (Å²) < 4.78 is 0. The SMILES string of the molecule is C#CCCNc1ccnc2cc(Cl)ccc12. The molecule has 2 rings (SSSR count). The topological polar surface area (TPSA) is 24.9 Å². The fourth-order valence-electron chi connectivity index (χ4n) is 1.54. The molecule has 0 unspecified atom stereocenters. The van der Waals surface area contributed by atoms with Gasteiger partial charge in [-0.15, -0.1) is 12.3 Å². The molecule has 3 heteroatoms. The fraction of sp³-hybridized carbons (Fsp3) is 0.154. The highest BCUT2D eigenvalue weighted by atomic mass is 35.5. The Bertz CT molecular complexity index is 543. The number of halogens is 1. The molecule has 0 amide bonds. The standard InChI is InChI=1S/C13H11ClN2/c1-2-3-7-15-12-6-8-16-13-9-10(14)4-5-11(12)13/h1,4-6,8-9H,3,7H2,(H,15,16). The number of nitrogens with one attached hydrogen (secondary N) is 1. The van der Waals surface area contributed by atoms with Gasteiger partial charge in [-0.1, -0.05) is 11.6 Å². The molecule has 0 saturated heterocycles. The summed E-state index contributed by atoms with van der Waals surface area (Å²) >= 11 is 5.91. The molecule has 2 nitrogen and oxygen atoms in total. The molecule has 0 fully saturated rings. The first-order valence-corrected chi connectivity index (χ1v) is 5.40. The molecule has 0 aliphatic heterocycles. The van der Waals surface area contributed by atoms with Crippen molar-refractivity contribution >= 4 is 28.2 Å². The molecule has 80 valence electrons. The molecule has 1 aromatic heterocycles. The first-order valence-electron chi connectivity index (χ1n) is 5.03. The van der Waals surface area contributed by atoms with Gasteiger partial charge < -0.3 is 5.32 Å². The van der Waals surface area contributed by atoms with Crippen LogP contribution in [0.3, 0.4) is 0 Å². The van der Waals surface area contributed by atoms with E-state index in [9.17, 15) is 0 Å². The van der Waals surface area contributed by atoms with Gasteiger partial charge in [0.2, 0.25) is 0 Å². The third kappa shape index (κ3) is 2.26. The zero-order valence-corrected chi connectivity index (χ0v) is 9.46. The van der Waals surface area contributed by atoms with Crippen molar-refractivity contribution in [3.8, 4) is 12.3 Å². The van der Waals surface area contributed by atoms with E-state index in [-0.39, 0.29) is 0 Å². The van der Waals surface area contributed by atoms with E-state index in [4.69, 9.17) is 18.0 Å². The molecule has 0 spiro atoms. The van der Waals surface area contributed by atoms with Gasteiger partial charge in [-0.3, -0.25) is 4.98 Å². The lowest BCUT2D eigenvalue weighted by molar-refractivity contribution is 1.10. The van der Waals surface area contributed by atoms with Crippen molar-refractivity contribution in [3.05, 3.63) is 35.5 Å². The predicted octanol–water partition coefficient (Wildman–Crippen LogP) is 3.32. The van der Waals surface area contributed by atoms with Gasteiger partial charge >= 0.3 is 0 Å². The van der Waals surface area contributed by atoms with Crippen molar-refractivity contribution in [1.82, 2.24) is 4.98 Å². The molecule has 1 aromatic carbocycles. The van der Waals surface area contributed by atoms with Crippen molar-refractivity contribution in [2.75, 3.05) is 11.9 Å². The van der Waals surface area contributed by atoms with Gasteiger partial charge in [0.15, 0.2) is 0 Å². The van der Waals surface area contributed by atoms with E-state index in [1.807, 2.05) is 24.3 Å². The van der Waals surface area contributed by atoms with Crippen LogP contribution in [0.4, 0.5) is 5.69 Å². The fourth-order valence-corrected chi connectivity index (χ4v) is 1.71. The third-order valence-corrected chi connectivity index (χ3v) is 2.52. The summed E-state index contributed by atoms with van der Waals surface area (Å²) in [5.41, 5.74) is 1.93. The molecule has 2 aromatic rings. The summed E-state index contributed by atoms with van der Waals surface area (Å²) in [5, 5.41) is 5.04. The molecule has 0 aliphatic carbocycles. The number of rotatable bonds is 3. The first-order chi connectivity index (χ1) is 7.81. The second kappa shape index (κ2) is 4.87.